The zero-order chi connectivity index (χ0) is 23.1. The van der Waals surface area contributed by atoms with Crippen molar-refractivity contribution in [3.05, 3.63) is 0 Å². The van der Waals surface area contributed by atoms with Gasteiger partial charge in [-0.1, -0.05) is 26.7 Å². The van der Waals surface area contributed by atoms with Crippen LogP contribution < -0.4 is 21.3 Å². The van der Waals surface area contributed by atoms with E-state index in [4.69, 9.17) is 0 Å². The molecule has 1 saturated carbocycles. The van der Waals surface area contributed by atoms with Gasteiger partial charge in [-0.05, 0) is 39.2 Å². The Bertz CT molecular complexity index is 592. The van der Waals surface area contributed by atoms with Gasteiger partial charge >= 0.3 is 0 Å². The Morgan fingerprint density at radius 1 is 0.742 bits per heavy atom. The van der Waals surface area contributed by atoms with E-state index in [-0.39, 0.29) is 42.1 Å². The van der Waals surface area contributed by atoms with Crippen molar-refractivity contribution in [3.8, 4) is 0 Å². The molecule has 0 heterocycles. The Kier molecular flexibility index (Phi) is 12.8. The lowest BCUT2D eigenvalue weighted by molar-refractivity contribution is -0.126. The van der Waals surface area contributed by atoms with Gasteiger partial charge in [-0.3, -0.25) is 24.1 Å². The molecule has 9 nitrogen and oxygen atoms in total. The number of likely N-dealkylation sites (N-methyl/N-ethyl adjacent to an activating group) is 1. The fraction of sp³-hybridized carbons (Fsp3) is 0.818. The van der Waals surface area contributed by atoms with E-state index in [0.29, 0.717) is 45.4 Å². The SMILES string of the molecule is CCCCCC(=O)NCCCNC(=O)CN(C)CC(=O)NCCCNC(=O)C1(C)CC1. The first-order valence-corrected chi connectivity index (χ1v) is 11.5. The zero-order valence-corrected chi connectivity index (χ0v) is 19.5. The van der Waals surface area contributed by atoms with Crippen molar-refractivity contribution in [2.24, 2.45) is 5.41 Å². The third-order valence-electron chi connectivity index (χ3n) is 5.34. The molecular formula is C22H41N5O4. The van der Waals surface area contributed by atoms with Crippen LogP contribution in [0.2, 0.25) is 0 Å². The van der Waals surface area contributed by atoms with Gasteiger partial charge in [0.2, 0.25) is 23.6 Å². The summed E-state index contributed by atoms with van der Waals surface area (Å²) in [4.78, 5) is 48.9. The Hall–Kier alpha value is -2.16. The van der Waals surface area contributed by atoms with Gasteiger partial charge < -0.3 is 21.3 Å². The van der Waals surface area contributed by atoms with E-state index in [1.807, 2.05) is 6.92 Å². The molecule has 0 aliphatic heterocycles. The van der Waals surface area contributed by atoms with Gasteiger partial charge in [0.15, 0.2) is 0 Å². The van der Waals surface area contributed by atoms with Crippen LogP contribution in [-0.2, 0) is 19.2 Å². The van der Waals surface area contributed by atoms with Gasteiger partial charge in [0.05, 0.1) is 13.1 Å². The van der Waals surface area contributed by atoms with Crippen LogP contribution in [0.5, 0.6) is 0 Å². The standard InChI is InChI=1S/C22H41N5O4/c1-4-5-6-9-18(28)23-12-7-13-24-19(29)16-27(3)17-20(30)25-14-8-15-26-21(31)22(2)10-11-22/h4-17H2,1-3H3,(H,23,28)(H,24,29)(H,25,30)(H,26,31). The third-order valence-corrected chi connectivity index (χ3v) is 5.34. The maximum absolute atomic E-state index is 11.9. The van der Waals surface area contributed by atoms with Crippen molar-refractivity contribution in [1.29, 1.82) is 0 Å². The Balaban J connectivity index is 1.98. The van der Waals surface area contributed by atoms with E-state index < -0.39 is 0 Å². The van der Waals surface area contributed by atoms with E-state index in [1.165, 1.54) is 0 Å². The van der Waals surface area contributed by atoms with Crippen LogP contribution in [0.4, 0.5) is 0 Å². The number of rotatable bonds is 17. The van der Waals surface area contributed by atoms with Crippen molar-refractivity contribution in [2.75, 3.05) is 46.3 Å². The molecule has 9 heteroatoms. The van der Waals surface area contributed by atoms with Crippen LogP contribution in [0.3, 0.4) is 0 Å². The van der Waals surface area contributed by atoms with Crippen molar-refractivity contribution < 1.29 is 19.2 Å². The summed E-state index contributed by atoms with van der Waals surface area (Å²) in [7, 11) is 1.71. The number of hydrogen-bond donors (Lipinski definition) is 4. The summed E-state index contributed by atoms with van der Waals surface area (Å²) in [6, 6.07) is 0. The predicted octanol–water partition coefficient (Wildman–Crippen LogP) is 0.544. The highest BCUT2D eigenvalue weighted by Gasteiger charge is 2.44. The molecule has 0 unspecified atom stereocenters. The number of amides is 4. The van der Waals surface area contributed by atoms with Crippen LogP contribution >= 0.6 is 0 Å². The average molecular weight is 440 g/mol. The van der Waals surface area contributed by atoms with Gasteiger partial charge in [0.1, 0.15) is 0 Å². The van der Waals surface area contributed by atoms with Gasteiger partial charge in [0, 0.05) is 38.0 Å². The summed E-state index contributed by atoms with van der Waals surface area (Å²) in [5.74, 6) is -0.147. The van der Waals surface area contributed by atoms with Crippen molar-refractivity contribution in [1.82, 2.24) is 26.2 Å². The first-order chi connectivity index (χ1) is 14.8. The van der Waals surface area contributed by atoms with Crippen molar-refractivity contribution >= 4 is 23.6 Å². The molecule has 4 amide bonds. The molecule has 1 aliphatic carbocycles. The quantitative estimate of drug-likeness (QED) is 0.247. The second-order valence-corrected chi connectivity index (χ2v) is 8.70. The molecule has 0 radical (unpaired) electrons. The Morgan fingerprint density at radius 3 is 1.71 bits per heavy atom. The molecule has 0 atom stereocenters. The number of nitrogens with one attached hydrogen (secondary N) is 4. The van der Waals surface area contributed by atoms with Gasteiger partial charge in [-0.25, -0.2) is 0 Å². The minimum Gasteiger partial charge on any atom is -0.356 e. The number of hydrogen-bond acceptors (Lipinski definition) is 5. The largest absolute Gasteiger partial charge is 0.356 e. The van der Waals surface area contributed by atoms with Gasteiger partial charge in [0.25, 0.3) is 0 Å². The highest BCUT2D eigenvalue weighted by molar-refractivity contribution is 5.84. The molecule has 0 saturated heterocycles. The van der Waals surface area contributed by atoms with E-state index >= 15 is 0 Å². The third kappa shape index (κ3) is 13.0. The topological polar surface area (TPSA) is 120 Å². The monoisotopic (exact) mass is 439 g/mol. The fourth-order valence-electron chi connectivity index (χ4n) is 2.97. The van der Waals surface area contributed by atoms with E-state index in [2.05, 4.69) is 28.2 Å². The van der Waals surface area contributed by atoms with Crippen molar-refractivity contribution in [2.45, 2.75) is 65.2 Å². The number of unbranched alkanes of at least 4 members (excludes halogenated alkanes) is 2. The van der Waals surface area contributed by atoms with Crippen molar-refractivity contribution in [3.63, 3.8) is 0 Å². The van der Waals surface area contributed by atoms with E-state index in [9.17, 15) is 19.2 Å². The van der Waals surface area contributed by atoms with Crippen LogP contribution in [0, 0.1) is 5.41 Å². The lowest BCUT2D eigenvalue weighted by Gasteiger charge is -2.16. The first kappa shape index (κ1) is 26.9. The number of nitrogens with zero attached hydrogens (tertiary/aromatic N) is 1. The second-order valence-electron chi connectivity index (χ2n) is 8.70. The molecule has 0 spiro atoms. The molecular weight excluding hydrogens is 398 g/mol. The molecule has 1 aliphatic rings. The fourth-order valence-corrected chi connectivity index (χ4v) is 2.97. The normalized spacial score (nSPS) is 14.1. The number of carbonyl (C=O) groups is 4. The summed E-state index contributed by atoms with van der Waals surface area (Å²) in [5.41, 5.74) is -0.172. The molecule has 178 valence electrons. The smallest absolute Gasteiger partial charge is 0.234 e. The summed E-state index contributed by atoms with van der Waals surface area (Å²) >= 11 is 0. The number of carbonyl (C=O) groups excluding carboxylic acids is 4. The maximum Gasteiger partial charge on any atom is 0.234 e. The summed E-state index contributed by atoms with van der Waals surface area (Å²) < 4.78 is 0. The molecule has 4 N–H and O–H groups in total. The maximum atomic E-state index is 11.9. The average Bonchev–Trinajstić information content (AvgIpc) is 3.46. The molecule has 0 bridgehead atoms. The molecule has 0 aromatic heterocycles. The minimum atomic E-state index is -0.172. The lowest BCUT2D eigenvalue weighted by atomic mass is 10.1. The minimum absolute atomic E-state index is 0.0603. The zero-order valence-electron chi connectivity index (χ0n) is 19.5. The summed E-state index contributed by atoms with van der Waals surface area (Å²) in [6.45, 7) is 6.39. The van der Waals surface area contributed by atoms with E-state index in [1.54, 1.807) is 11.9 Å². The van der Waals surface area contributed by atoms with Crippen LogP contribution in [-0.4, -0.2) is 74.8 Å². The molecule has 31 heavy (non-hydrogen) atoms. The summed E-state index contributed by atoms with van der Waals surface area (Å²) in [5, 5.41) is 11.3. The predicted molar refractivity (Wildman–Crippen MR) is 120 cm³/mol. The van der Waals surface area contributed by atoms with Gasteiger partial charge in [-0.15, -0.1) is 0 Å². The molecule has 0 aromatic rings. The summed E-state index contributed by atoms with van der Waals surface area (Å²) in [6.07, 6.45) is 6.87. The Labute approximate surface area is 186 Å². The highest BCUT2D eigenvalue weighted by Crippen LogP contribution is 2.44. The van der Waals surface area contributed by atoms with Crippen LogP contribution in [0.15, 0.2) is 0 Å². The first-order valence-electron chi connectivity index (χ1n) is 11.5. The van der Waals surface area contributed by atoms with Gasteiger partial charge in [-0.2, -0.15) is 0 Å². The molecule has 1 fully saturated rings. The molecule has 0 aromatic carbocycles. The molecule has 1 rings (SSSR count). The lowest BCUT2D eigenvalue weighted by Crippen LogP contribution is -2.42. The second kappa shape index (κ2) is 14.8. The highest BCUT2D eigenvalue weighted by atomic mass is 16.2. The Morgan fingerprint density at radius 2 is 1.23 bits per heavy atom. The van der Waals surface area contributed by atoms with Crippen LogP contribution in [0.1, 0.15) is 65.2 Å². The van der Waals surface area contributed by atoms with Crippen LogP contribution in [0.25, 0.3) is 0 Å². The van der Waals surface area contributed by atoms with E-state index in [0.717, 1.165) is 32.1 Å².